The second-order valence-corrected chi connectivity index (χ2v) is 7.26. The molecule has 1 amide bonds. The standard InChI is InChI=1S/C23H26ClN3O2/c1-4-27(5-2)13-12-25-23(28)29-21-15-26-22(18-9-7-6-8-16(18)3)19-11-10-17(24)14-20(19)21/h6-11,14-15H,4-5,12-13H2,1-3H3,(H,25,28). The largest absolute Gasteiger partial charge is 0.412 e. The third-order valence-electron chi connectivity index (χ3n) is 5.01. The Morgan fingerprint density at radius 2 is 1.90 bits per heavy atom. The molecule has 2 aromatic carbocycles. The van der Waals surface area contributed by atoms with Crippen molar-refractivity contribution in [1.82, 2.24) is 15.2 Å². The van der Waals surface area contributed by atoms with E-state index in [1.165, 1.54) is 0 Å². The molecule has 0 aliphatic carbocycles. The van der Waals surface area contributed by atoms with Crippen LogP contribution in [0.25, 0.3) is 22.0 Å². The predicted octanol–water partition coefficient (Wildman–Crippen LogP) is 5.29. The molecule has 29 heavy (non-hydrogen) atoms. The Morgan fingerprint density at radius 3 is 2.62 bits per heavy atom. The van der Waals surface area contributed by atoms with Gasteiger partial charge in [-0.2, -0.15) is 0 Å². The number of halogens is 1. The zero-order valence-electron chi connectivity index (χ0n) is 17.0. The van der Waals surface area contributed by atoms with Crippen LogP contribution >= 0.6 is 11.6 Å². The molecular weight excluding hydrogens is 386 g/mol. The Bertz CT molecular complexity index is 1000. The van der Waals surface area contributed by atoms with E-state index in [2.05, 4.69) is 29.0 Å². The number of likely N-dealkylation sites (N-methyl/N-ethyl adjacent to an activating group) is 1. The van der Waals surface area contributed by atoms with Gasteiger partial charge in [-0.1, -0.05) is 55.8 Å². The van der Waals surface area contributed by atoms with Crippen molar-refractivity contribution in [1.29, 1.82) is 0 Å². The van der Waals surface area contributed by atoms with Gasteiger partial charge >= 0.3 is 6.09 Å². The number of fused-ring (bicyclic) bond motifs is 1. The monoisotopic (exact) mass is 411 g/mol. The number of carbonyl (C=O) groups excluding carboxylic acids is 1. The minimum Gasteiger partial charge on any atom is -0.408 e. The fourth-order valence-corrected chi connectivity index (χ4v) is 3.49. The smallest absolute Gasteiger partial charge is 0.408 e. The molecule has 0 saturated carbocycles. The van der Waals surface area contributed by atoms with Gasteiger partial charge in [-0.25, -0.2) is 4.79 Å². The summed E-state index contributed by atoms with van der Waals surface area (Å²) < 4.78 is 5.56. The van der Waals surface area contributed by atoms with Gasteiger partial charge in [-0.3, -0.25) is 4.98 Å². The lowest BCUT2D eigenvalue weighted by molar-refractivity contribution is 0.198. The minimum atomic E-state index is -0.496. The van der Waals surface area contributed by atoms with Gasteiger partial charge in [0.25, 0.3) is 0 Å². The Kier molecular flexibility index (Phi) is 7.07. The number of ether oxygens (including phenoxy) is 1. The molecule has 3 rings (SSSR count). The Morgan fingerprint density at radius 1 is 1.14 bits per heavy atom. The highest BCUT2D eigenvalue weighted by Crippen LogP contribution is 2.35. The quantitative estimate of drug-likeness (QED) is 0.573. The summed E-state index contributed by atoms with van der Waals surface area (Å²) in [7, 11) is 0. The van der Waals surface area contributed by atoms with Crippen LogP contribution in [0.2, 0.25) is 5.02 Å². The summed E-state index contributed by atoms with van der Waals surface area (Å²) in [5.74, 6) is 0.389. The number of amides is 1. The van der Waals surface area contributed by atoms with E-state index in [1.807, 2.05) is 43.3 Å². The summed E-state index contributed by atoms with van der Waals surface area (Å²) in [5, 5.41) is 5.02. The molecule has 0 fully saturated rings. The number of benzene rings is 2. The van der Waals surface area contributed by atoms with Crippen molar-refractivity contribution < 1.29 is 9.53 Å². The zero-order chi connectivity index (χ0) is 20.8. The first-order valence-electron chi connectivity index (χ1n) is 9.85. The molecule has 1 heterocycles. The maximum Gasteiger partial charge on any atom is 0.412 e. The highest BCUT2D eigenvalue weighted by Gasteiger charge is 2.15. The van der Waals surface area contributed by atoms with Crippen molar-refractivity contribution in [2.75, 3.05) is 26.2 Å². The summed E-state index contributed by atoms with van der Waals surface area (Å²) in [5.41, 5.74) is 3.00. The van der Waals surface area contributed by atoms with Gasteiger partial charge in [0.05, 0.1) is 11.9 Å². The van der Waals surface area contributed by atoms with E-state index in [4.69, 9.17) is 16.3 Å². The van der Waals surface area contributed by atoms with Crippen molar-refractivity contribution >= 4 is 28.5 Å². The molecule has 0 aliphatic heterocycles. The van der Waals surface area contributed by atoms with Crippen molar-refractivity contribution in [3.05, 3.63) is 59.2 Å². The van der Waals surface area contributed by atoms with Gasteiger partial charge in [-0.15, -0.1) is 0 Å². The van der Waals surface area contributed by atoms with E-state index in [-0.39, 0.29) is 0 Å². The van der Waals surface area contributed by atoms with Crippen LogP contribution in [-0.2, 0) is 0 Å². The number of nitrogens with one attached hydrogen (secondary N) is 1. The van der Waals surface area contributed by atoms with Crippen LogP contribution in [0.5, 0.6) is 5.75 Å². The van der Waals surface area contributed by atoms with Crippen LogP contribution in [0.4, 0.5) is 4.79 Å². The van der Waals surface area contributed by atoms with E-state index >= 15 is 0 Å². The molecule has 1 aromatic heterocycles. The van der Waals surface area contributed by atoms with Crippen molar-refractivity contribution in [3.63, 3.8) is 0 Å². The number of pyridine rings is 1. The van der Waals surface area contributed by atoms with Crippen molar-refractivity contribution in [3.8, 4) is 17.0 Å². The number of nitrogens with zero attached hydrogens (tertiary/aromatic N) is 2. The van der Waals surface area contributed by atoms with Gasteiger partial charge in [0.15, 0.2) is 5.75 Å². The summed E-state index contributed by atoms with van der Waals surface area (Å²) in [4.78, 5) is 19.1. The minimum absolute atomic E-state index is 0.389. The van der Waals surface area contributed by atoms with Gasteiger partial charge < -0.3 is 15.0 Å². The Labute approximate surface area is 176 Å². The van der Waals surface area contributed by atoms with Crippen LogP contribution in [-0.4, -0.2) is 42.2 Å². The zero-order valence-corrected chi connectivity index (χ0v) is 17.8. The average molecular weight is 412 g/mol. The molecule has 0 bridgehead atoms. The number of aryl methyl sites for hydroxylation is 1. The number of carbonyl (C=O) groups is 1. The van der Waals surface area contributed by atoms with E-state index in [9.17, 15) is 4.79 Å². The third kappa shape index (κ3) is 5.05. The second kappa shape index (κ2) is 9.72. The molecule has 0 aliphatic rings. The first-order valence-corrected chi connectivity index (χ1v) is 10.2. The van der Waals surface area contributed by atoms with Gasteiger partial charge in [-0.05, 0) is 37.7 Å². The molecule has 0 radical (unpaired) electrons. The summed E-state index contributed by atoms with van der Waals surface area (Å²) >= 11 is 6.23. The third-order valence-corrected chi connectivity index (χ3v) is 5.24. The second-order valence-electron chi connectivity index (χ2n) is 6.82. The predicted molar refractivity (Wildman–Crippen MR) is 119 cm³/mol. The fraction of sp³-hybridized carbons (Fsp3) is 0.304. The van der Waals surface area contributed by atoms with Crippen molar-refractivity contribution in [2.45, 2.75) is 20.8 Å². The van der Waals surface area contributed by atoms with E-state index in [1.54, 1.807) is 12.3 Å². The molecule has 5 nitrogen and oxygen atoms in total. The van der Waals surface area contributed by atoms with E-state index in [0.717, 1.165) is 47.2 Å². The molecule has 0 unspecified atom stereocenters. The molecule has 1 N–H and O–H groups in total. The lowest BCUT2D eigenvalue weighted by atomic mass is 10.00. The fourth-order valence-electron chi connectivity index (χ4n) is 3.32. The first-order chi connectivity index (χ1) is 14.0. The molecule has 0 atom stereocenters. The van der Waals surface area contributed by atoms with Gasteiger partial charge in [0, 0.05) is 34.4 Å². The normalized spacial score (nSPS) is 11.1. The molecule has 152 valence electrons. The SMILES string of the molecule is CCN(CC)CCNC(=O)Oc1cnc(-c2ccccc2C)c2ccc(Cl)cc12. The Balaban J connectivity index is 1.86. The van der Waals surface area contributed by atoms with Crippen LogP contribution in [0.3, 0.4) is 0 Å². The topological polar surface area (TPSA) is 54.5 Å². The first kappa shape index (κ1) is 21.1. The summed E-state index contributed by atoms with van der Waals surface area (Å²) in [6.45, 7) is 9.43. The summed E-state index contributed by atoms with van der Waals surface area (Å²) in [6, 6.07) is 13.6. The molecule has 0 saturated heterocycles. The number of hydrogen-bond donors (Lipinski definition) is 1. The highest BCUT2D eigenvalue weighted by molar-refractivity contribution is 6.31. The maximum absolute atomic E-state index is 12.3. The van der Waals surface area contributed by atoms with Crippen molar-refractivity contribution in [2.24, 2.45) is 0 Å². The number of rotatable bonds is 7. The van der Waals surface area contributed by atoms with Gasteiger partial charge in [0.2, 0.25) is 0 Å². The number of hydrogen-bond acceptors (Lipinski definition) is 4. The van der Waals surface area contributed by atoms with Crippen LogP contribution in [0.1, 0.15) is 19.4 Å². The van der Waals surface area contributed by atoms with Gasteiger partial charge in [0.1, 0.15) is 0 Å². The summed E-state index contributed by atoms with van der Waals surface area (Å²) in [6.07, 6.45) is 1.09. The van der Waals surface area contributed by atoms with Crippen LogP contribution < -0.4 is 10.1 Å². The van der Waals surface area contributed by atoms with E-state index < -0.39 is 6.09 Å². The highest BCUT2D eigenvalue weighted by atomic mass is 35.5. The Hall–Kier alpha value is -2.63. The maximum atomic E-state index is 12.3. The van der Waals surface area contributed by atoms with Crippen LogP contribution in [0, 0.1) is 6.92 Å². The van der Waals surface area contributed by atoms with Crippen LogP contribution in [0.15, 0.2) is 48.7 Å². The molecule has 3 aromatic rings. The molecule has 0 spiro atoms. The lowest BCUT2D eigenvalue weighted by Crippen LogP contribution is -2.36. The molecular formula is C23H26ClN3O2. The average Bonchev–Trinajstić information content (AvgIpc) is 2.72. The van der Waals surface area contributed by atoms with E-state index in [0.29, 0.717) is 17.3 Å². The lowest BCUT2D eigenvalue weighted by Gasteiger charge is -2.18. The molecule has 6 heteroatoms. The number of aromatic nitrogens is 1.